The lowest BCUT2D eigenvalue weighted by Crippen LogP contribution is -2.64. The Hall–Kier alpha value is -1.55. The maximum absolute atomic E-state index is 13.6. The van der Waals surface area contributed by atoms with E-state index in [-0.39, 0.29) is 0 Å². The van der Waals surface area contributed by atoms with Gasteiger partial charge in [-0.15, -0.1) is 0 Å². The molecule has 1 aromatic rings. The van der Waals surface area contributed by atoms with E-state index in [2.05, 4.69) is 0 Å². The van der Waals surface area contributed by atoms with E-state index in [1.54, 1.807) is 0 Å². The molecule has 0 saturated carbocycles. The van der Waals surface area contributed by atoms with Gasteiger partial charge in [-0.3, -0.25) is 0 Å². The third-order valence-corrected chi connectivity index (χ3v) is 3.35. The summed E-state index contributed by atoms with van der Waals surface area (Å²) >= 11 is 0. The SMILES string of the molecule is Cc1c(F)c(F)c2c(c1F)C(F)(F)C(F)(F)C(F)(F)C2(F)F. The second-order valence-electron chi connectivity index (χ2n) is 4.61. The molecule has 0 spiro atoms. The highest BCUT2D eigenvalue weighted by atomic mass is 19.4. The van der Waals surface area contributed by atoms with Crippen molar-refractivity contribution < 1.29 is 48.3 Å². The number of rotatable bonds is 0. The first kappa shape index (κ1) is 16.8. The van der Waals surface area contributed by atoms with E-state index < -0.39 is 57.8 Å². The summed E-state index contributed by atoms with van der Waals surface area (Å²) in [7, 11) is 0. The van der Waals surface area contributed by atoms with Crippen LogP contribution < -0.4 is 0 Å². The summed E-state index contributed by atoms with van der Waals surface area (Å²) in [4.78, 5) is 0. The van der Waals surface area contributed by atoms with E-state index >= 15 is 0 Å². The molecule has 22 heavy (non-hydrogen) atoms. The van der Waals surface area contributed by atoms with Gasteiger partial charge in [0.2, 0.25) is 0 Å². The fraction of sp³-hybridized carbons (Fsp3) is 0.455. The molecular formula is C11H3F11. The Bertz CT molecular complexity index is 602. The van der Waals surface area contributed by atoms with Crippen molar-refractivity contribution in [3.8, 4) is 0 Å². The van der Waals surface area contributed by atoms with Gasteiger partial charge < -0.3 is 0 Å². The maximum atomic E-state index is 13.6. The van der Waals surface area contributed by atoms with E-state index in [0.717, 1.165) is 0 Å². The largest absolute Gasteiger partial charge is 0.383 e. The molecule has 0 radical (unpaired) electrons. The van der Waals surface area contributed by atoms with Crippen LogP contribution in [0.3, 0.4) is 0 Å². The smallest absolute Gasteiger partial charge is 0.206 e. The van der Waals surface area contributed by atoms with E-state index in [0.29, 0.717) is 6.92 Å². The molecule has 0 N–H and O–H groups in total. The molecule has 0 aliphatic heterocycles. The molecular weight excluding hydrogens is 341 g/mol. The molecule has 2 rings (SSSR count). The van der Waals surface area contributed by atoms with Crippen molar-refractivity contribution in [2.45, 2.75) is 30.6 Å². The highest BCUT2D eigenvalue weighted by Crippen LogP contribution is 2.65. The molecule has 0 fully saturated rings. The monoisotopic (exact) mass is 344 g/mol. The van der Waals surface area contributed by atoms with Crippen molar-refractivity contribution in [2.75, 3.05) is 0 Å². The molecule has 1 aliphatic rings. The molecule has 0 atom stereocenters. The zero-order valence-electron chi connectivity index (χ0n) is 10.2. The van der Waals surface area contributed by atoms with Gasteiger partial charge in [0.25, 0.3) is 0 Å². The van der Waals surface area contributed by atoms with Crippen molar-refractivity contribution in [2.24, 2.45) is 0 Å². The lowest BCUT2D eigenvalue weighted by atomic mass is 9.78. The normalized spacial score (nSPS) is 24.0. The van der Waals surface area contributed by atoms with Gasteiger partial charge in [0.05, 0.1) is 11.1 Å². The van der Waals surface area contributed by atoms with Crippen LogP contribution in [0, 0.1) is 24.4 Å². The highest BCUT2D eigenvalue weighted by molar-refractivity contribution is 5.47. The fourth-order valence-corrected chi connectivity index (χ4v) is 2.08. The van der Waals surface area contributed by atoms with Crippen LogP contribution in [0.5, 0.6) is 0 Å². The Morgan fingerprint density at radius 3 is 1.23 bits per heavy atom. The van der Waals surface area contributed by atoms with Crippen molar-refractivity contribution >= 4 is 0 Å². The molecule has 11 heteroatoms. The molecule has 0 nitrogen and oxygen atoms in total. The topological polar surface area (TPSA) is 0 Å². The van der Waals surface area contributed by atoms with Crippen LogP contribution in [-0.2, 0) is 11.8 Å². The van der Waals surface area contributed by atoms with Crippen molar-refractivity contribution in [3.63, 3.8) is 0 Å². The number of hydrogen-bond acceptors (Lipinski definition) is 0. The van der Waals surface area contributed by atoms with Crippen molar-refractivity contribution in [3.05, 3.63) is 34.1 Å². The van der Waals surface area contributed by atoms with E-state index in [4.69, 9.17) is 0 Å². The Labute approximate surface area is 114 Å². The van der Waals surface area contributed by atoms with Crippen LogP contribution in [-0.4, -0.2) is 11.8 Å². The van der Waals surface area contributed by atoms with Crippen molar-refractivity contribution in [1.29, 1.82) is 0 Å². The second-order valence-corrected chi connectivity index (χ2v) is 4.61. The average molecular weight is 344 g/mol. The number of hydrogen-bond donors (Lipinski definition) is 0. The van der Waals surface area contributed by atoms with Gasteiger partial charge in [0.15, 0.2) is 11.6 Å². The van der Waals surface area contributed by atoms with Gasteiger partial charge in [0, 0.05) is 5.56 Å². The summed E-state index contributed by atoms with van der Waals surface area (Å²) in [5, 5.41) is 0. The van der Waals surface area contributed by atoms with Gasteiger partial charge in [-0.25, -0.2) is 13.2 Å². The summed E-state index contributed by atoms with van der Waals surface area (Å²) in [5.74, 6) is -34.0. The van der Waals surface area contributed by atoms with Gasteiger partial charge >= 0.3 is 23.7 Å². The average Bonchev–Trinajstić information content (AvgIpc) is 2.37. The third-order valence-electron chi connectivity index (χ3n) is 3.35. The first-order valence-corrected chi connectivity index (χ1v) is 5.33. The maximum Gasteiger partial charge on any atom is 0.383 e. The van der Waals surface area contributed by atoms with Crippen LogP contribution in [0.25, 0.3) is 0 Å². The summed E-state index contributed by atoms with van der Waals surface area (Å²) in [6, 6.07) is 0. The second kappa shape index (κ2) is 4.05. The van der Waals surface area contributed by atoms with Crippen LogP contribution in [0.15, 0.2) is 0 Å². The molecule has 1 aromatic carbocycles. The summed E-state index contributed by atoms with van der Waals surface area (Å²) in [6.07, 6.45) is 0. The van der Waals surface area contributed by atoms with E-state index in [1.807, 2.05) is 0 Å². The van der Waals surface area contributed by atoms with Crippen molar-refractivity contribution in [1.82, 2.24) is 0 Å². The van der Waals surface area contributed by atoms with Gasteiger partial charge in [-0.05, 0) is 6.92 Å². The zero-order chi connectivity index (χ0) is 17.5. The molecule has 1 aliphatic carbocycles. The van der Waals surface area contributed by atoms with Gasteiger partial charge in [0.1, 0.15) is 5.82 Å². The third kappa shape index (κ3) is 1.49. The van der Waals surface area contributed by atoms with Crippen LogP contribution >= 0.6 is 0 Å². The van der Waals surface area contributed by atoms with E-state index in [9.17, 15) is 48.3 Å². The van der Waals surface area contributed by atoms with Crippen LogP contribution in [0.4, 0.5) is 48.3 Å². The molecule has 0 aromatic heterocycles. The minimum Gasteiger partial charge on any atom is -0.206 e. The Balaban J connectivity index is 3.11. The summed E-state index contributed by atoms with van der Waals surface area (Å²) in [5.41, 5.74) is -7.72. The minimum absolute atomic E-state index is 0.299. The first-order valence-electron chi connectivity index (χ1n) is 5.33. The molecule has 0 bridgehead atoms. The lowest BCUT2D eigenvalue weighted by molar-refractivity contribution is -0.387. The highest BCUT2D eigenvalue weighted by Gasteiger charge is 2.86. The Morgan fingerprint density at radius 2 is 0.864 bits per heavy atom. The number of alkyl halides is 8. The number of halogens is 11. The van der Waals surface area contributed by atoms with Crippen LogP contribution in [0.1, 0.15) is 16.7 Å². The summed E-state index contributed by atoms with van der Waals surface area (Å²) in [6.45, 7) is 0.299. The molecule has 124 valence electrons. The summed E-state index contributed by atoms with van der Waals surface area (Å²) < 4.78 is 146. The molecule has 0 saturated heterocycles. The number of fused-ring (bicyclic) bond motifs is 1. The fourth-order valence-electron chi connectivity index (χ4n) is 2.08. The Kier molecular flexibility index (Phi) is 3.09. The Morgan fingerprint density at radius 1 is 0.545 bits per heavy atom. The van der Waals surface area contributed by atoms with E-state index in [1.165, 1.54) is 0 Å². The molecule has 0 amide bonds. The molecule has 0 heterocycles. The number of benzene rings is 1. The quantitative estimate of drug-likeness (QED) is 0.465. The first-order chi connectivity index (χ1) is 9.64. The molecule has 0 unspecified atom stereocenters. The predicted molar refractivity (Wildman–Crippen MR) is 48.7 cm³/mol. The van der Waals surface area contributed by atoms with Gasteiger partial charge in [-0.2, -0.15) is 35.1 Å². The minimum atomic E-state index is -6.77. The van der Waals surface area contributed by atoms with Gasteiger partial charge in [-0.1, -0.05) is 0 Å². The predicted octanol–water partition coefficient (Wildman–Crippen LogP) is 4.88. The zero-order valence-corrected chi connectivity index (χ0v) is 10.2. The lowest BCUT2D eigenvalue weighted by Gasteiger charge is -2.43. The van der Waals surface area contributed by atoms with Crippen LogP contribution in [0.2, 0.25) is 0 Å². The standard InChI is InChI=1S/C11H3F11/c1-2-5(12)3-4(7(14)6(2)13)9(17,18)11(21,22)10(19,20)8(3,15)16/h1H3.